The van der Waals surface area contributed by atoms with Crippen LogP contribution in [0.5, 0.6) is 0 Å². The second-order valence-corrected chi connectivity index (χ2v) is 10.2. The van der Waals surface area contributed by atoms with Gasteiger partial charge in [0, 0.05) is 41.5 Å². The SMILES string of the molecule is Brc1cc(Br)cc(COC2Cc3cc(-c4ccccc4)ccc3C2N2CCNCC2)c1.Cl.Cl. The Morgan fingerprint density at radius 1 is 0.848 bits per heavy atom. The summed E-state index contributed by atoms with van der Waals surface area (Å²) in [6, 6.07) is 24.3. The van der Waals surface area contributed by atoms with E-state index in [1.165, 1.54) is 27.8 Å². The van der Waals surface area contributed by atoms with E-state index < -0.39 is 0 Å². The average Bonchev–Trinajstić information content (AvgIpc) is 3.16. The van der Waals surface area contributed by atoms with Crippen molar-refractivity contribution in [2.45, 2.75) is 25.2 Å². The molecule has 0 saturated carbocycles. The highest BCUT2D eigenvalue weighted by atomic mass is 79.9. The van der Waals surface area contributed by atoms with Gasteiger partial charge in [-0.3, -0.25) is 4.90 Å². The fraction of sp³-hybridized carbons (Fsp3) is 0.308. The number of halogens is 4. The summed E-state index contributed by atoms with van der Waals surface area (Å²) in [5.74, 6) is 0. The molecule has 2 atom stereocenters. The topological polar surface area (TPSA) is 24.5 Å². The first kappa shape index (κ1) is 26.7. The number of benzene rings is 3. The van der Waals surface area contributed by atoms with Gasteiger partial charge in [-0.1, -0.05) is 80.4 Å². The molecule has 7 heteroatoms. The lowest BCUT2D eigenvalue weighted by atomic mass is 9.99. The summed E-state index contributed by atoms with van der Waals surface area (Å²) in [4.78, 5) is 2.60. The Morgan fingerprint density at radius 2 is 1.55 bits per heavy atom. The maximum absolute atomic E-state index is 6.59. The van der Waals surface area contributed by atoms with Gasteiger partial charge in [0.1, 0.15) is 0 Å². The first-order chi connectivity index (χ1) is 15.2. The lowest BCUT2D eigenvalue weighted by molar-refractivity contribution is -0.0188. The van der Waals surface area contributed by atoms with Gasteiger partial charge in [0.2, 0.25) is 0 Å². The Labute approximate surface area is 225 Å². The van der Waals surface area contributed by atoms with E-state index in [0.29, 0.717) is 12.6 Å². The van der Waals surface area contributed by atoms with E-state index in [1.807, 2.05) is 0 Å². The van der Waals surface area contributed by atoms with Crippen LogP contribution in [0.1, 0.15) is 22.7 Å². The zero-order valence-electron chi connectivity index (χ0n) is 18.2. The summed E-state index contributed by atoms with van der Waals surface area (Å²) in [5, 5.41) is 3.49. The van der Waals surface area contributed by atoms with Gasteiger partial charge in [-0.05, 0) is 46.0 Å². The predicted molar refractivity (Wildman–Crippen MR) is 148 cm³/mol. The van der Waals surface area contributed by atoms with Crippen LogP contribution in [0.4, 0.5) is 0 Å². The van der Waals surface area contributed by atoms with Crippen LogP contribution in [0.25, 0.3) is 11.1 Å². The average molecular weight is 615 g/mol. The maximum Gasteiger partial charge on any atom is 0.0816 e. The number of hydrogen-bond acceptors (Lipinski definition) is 3. The Balaban J connectivity index is 0.00000153. The number of piperazine rings is 1. The second-order valence-electron chi connectivity index (χ2n) is 8.34. The molecule has 2 aliphatic rings. The van der Waals surface area contributed by atoms with E-state index in [2.05, 4.69) is 109 Å². The monoisotopic (exact) mass is 612 g/mol. The van der Waals surface area contributed by atoms with Crippen LogP contribution in [0.15, 0.2) is 75.7 Å². The van der Waals surface area contributed by atoms with Crippen molar-refractivity contribution in [3.63, 3.8) is 0 Å². The maximum atomic E-state index is 6.59. The molecule has 176 valence electrons. The molecule has 0 aromatic heterocycles. The third kappa shape index (κ3) is 6.21. The Kier molecular flexibility index (Phi) is 9.84. The van der Waals surface area contributed by atoms with E-state index in [9.17, 15) is 0 Å². The van der Waals surface area contributed by atoms with Crippen molar-refractivity contribution in [2.24, 2.45) is 0 Å². The summed E-state index contributed by atoms with van der Waals surface area (Å²) < 4.78 is 8.73. The first-order valence-corrected chi connectivity index (χ1v) is 12.5. The van der Waals surface area contributed by atoms with E-state index in [1.54, 1.807) is 0 Å². The fourth-order valence-corrected chi connectivity index (χ4v) is 6.24. The number of hydrogen-bond donors (Lipinski definition) is 1. The molecule has 0 bridgehead atoms. The summed E-state index contributed by atoms with van der Waals surface area (Å²) in [7, 11) is 0. The largest absolute Gasteiger partial charge is 0.371 e. The normalized spacial score (nSPS) is 19.9. The third-order valence-electron chi connectivity index (χ3n) is 6.27. The minimum atomic E-state index is 0. The van der Waals surface area contributed by atoms with Crippen molar-refractivity contribution in [3.05, 3.63) is 92.4 Å². The van der Waals surface area contributed by atoms with Gasteiger partial charge in [0.15, 0.2) is 0 Å². The van der Waals surface area contributed by atoms with Gasteiger partial charge in [-0.15, -0.1) is 24.8 Å². The van der Waals surface area contributed by atoms with E-state index in [0.717, 1.165) is 41.5 Å². The number of fused-ring (bicyclic) bond motifs is 1. The highest BCUT2D eigenvalue weighted by Gasteiger charge is 2.37. The molecule has 1 fully saturated rings. The van der Waals surface area contributed by atoms with E-state index in [4.69, 9.17) is 4.74 Å². The van der Waals surface area contributed by atoms with Crippen LogP contribution in [0.2, 0.25) is 0 Å². The zero-order chi connectivity index (χ0) is 21.2. The minimum Gasteiger partial charge on any atom is -0.371 e. The number of rotatable bonds is 5. The second kappa shape index (κ2) is 12.2. The number of ether oxygens (including phenoxy) is 1. The van der Waals surface area contributed by atoms with Crippen molar-refractivity contribution in [1.82, 2.24) is 10.2 Å². The molecule has 1 aliphatic carbocycles. The summed E-state index contributed by atoms with van der Waals surface area (Å²) >= 11 is 7.19. The van der Waals surface area contributed by atoms with Gasteiger partial charge >= 0.3 is 0 Å². The molecule has 0 amide bonds. The van der Waals surface area contributed by atoms with Gasteiger partial charge in [0.25, 0.3) is 0 Å². The van der Waals surface area contributed by atoms with Crippen LogP contribution >= 0.6 is 56.7 Å². The Bertz CT molecular complexity index is 1040. The van der Waals surface area contributed by atoms with Crippen LogP contribution in [0.3, 0.4) is 0 Å². The predicted octanol–water partition coefficient (Wildman–Crippen LogP) is 6.81. The number of nitrogens with zero attached hydrogens (tertiary/aromatic N) is 1. The molecule has 1 N–H and O–H groups in total. The summed E-state index contributed by atoms with van der Waals surface area (Å²) in [6.07, 6.45) is 1.12. The molecular formula is C26H28Br2Cl2N2O. The highest BCUT2D eigenvalue weighted by molar-refractivity contribution is 9.11. The molecule has 1 saturated heterocycles. The van der Waals surface area contributed by atoms with E-state index >= 15 is 0 Å². The molecule has 33 heavy (non-hydrogen) atoms. The number of nitrogens with one attached hydrogen (secondary N) is 1. The first-order valence-electron chi connectivity index (χ1n) is 10.9. The quantitative estimate of drug-likeness (QED) is 0.342. The van der Waals surface area contributed by atoms with Crippen molar-refractivity contribution in [1.29, 1.82) is 0 Å². The minimum absolute atomic E-state index is 0. The van der Waals surface area contributed by atoms with E-state index in [-0.39, 0.29) is 30.9 Å². The Hall–Kier alpha value is -0.920. The molecule has 1 aliphatic heterocycles. The van der Waals surface area contributed by atoms with Gasteiger partial charge in [-0.25, -0.2) is 0 Å². The lowest BCUT2D eigenvalue weighted by Crippen LogP contribution is -2.47. The smallest absolute Gasteiger partial charge is 0.0816 e. The molecule has 1 heterocycles. The van der Waals surface area contributed by atoms with Crippen LogP contribution in [-0.4, -0.2) is 37.2 Å². The Morgan fingerprint density at radius 3 is 2.24 bits per heavy atom. The summed E-state index contributed by atoms with van der Waals surface area (Å²) in [5.41, 5.74) is 6.59. The fourth-order valence-electron chi connectivity index (χ4n) is 4.85. The molecule has 3 aromatic rings. The zero-order valence-corrected chi connectivity index (χ0v) is 23.0. The van der Waals surface area contributed by atoms with Crippen molar-refractivity contribution in [3.8, 4) is 11.1 Å². The summed E-state index contributed by atoms with van der Waals surface area (Å²) in [6.45, 7) is 4.82. The molecule has 2 unspecified atom stereocenters. The van der Waals surface area contributed by atoms with Crippen molar-refractivity contribution in [2.75, 3.05) is 26.2 Å². The van der Waals surface area contributed by atoms with Crippen LogP contribution < -0.4 is 5.32 Å². The molecule has 0 spiro atoms. The van der Waals surface area contributed by atoms with Gasteiger partial charge in [0.05, 0.1) is 18.8 Å². The molecule has 0 radical (unpaired) electrons. The van der Waals surface area contributed by atoms with Gasteiger partial charge < -0.3 is 10.1 Å². The van der Waals surface area contributed by atoms with Crippen LogP contribution in [-0.2, 0) is 17.8 Å². The molecule has 5 rings (SSSR count). The molecule has 3 nitrogen and oxygen atoms in total. The van der Waals surface area contributed by atoms with Gasteiger partial charge in [-0.2, -0.15) is 0 Å². The third-order valence-corrected chi connectivity index (χ3v) is 7.19. The highest BCUT2D eigenvalue weighted by Crippen LogP contribution is 2.40. The standard InChI is InChI=1S/C26H26Br2N2O.2ClH/c27-22-12-18(13-23(28)16-22)17-31-25-15-21-14-20(19-4-2-1-3-5-19)6-7-24(21)26(25)30-10-8-29-9-11-30;;/h1-7,12-14,16,25-26,29H,8-11,15,17H2;2*1H. The van der Waals surface area contributed by atoms with Crippen molar-refractivity contribution >= 4 is 56.7 Å². The lowest BCUT2D eigenvalue weighted by Gasteiger charge is -2.36. The van der Waals surface area contributed by atoms with Crippen LogP contribution in [0, 0.1) is 0 Å². The van der Waals surface area contributed by atoms with Crippen molar-refractivity contribution < 1.29 is 4.74 Å². The molecule has 3 aromatic carbocycles. The molecular weight excluding hydrogens is 587 g/mol.